The molecule has 1 heterocycles. The van der Waals surface area contributed by atoms with Gasteiger partial charge in [-0.05, 0) is 42.2 Å². The van der Waals surface area contributed by atoms with Crippen LogP contribution in [0.25, 0.3) is 23.1 Å². The van der Waals surface area contributed by atoms with Gasteiger partial charge in [0, 0.05) is 17.4 Å². The van der Waals surface area contributed by atoms with E-state index in [0.717, 1.165) is 46.1 Å². The zero-order valence-corrected chi connectivity index (χ0v) is 13.1. The van der Waals surface area contributed by atoms with Crippen LogP contribution in [0.1, 0.15) is 40.0 Å². The van der Waals surface area contributed by atoms with Crippen molar-refractivity contribution in [1.29, 1.82) is 0 Å². The molecule has 1 aliphatic rings. The van der Waals surface area contributed by atoms with Gasteiger partial charge < -0.3 is 0 Å². The molecule has 4 rings (SSSR count). The highest BCUT2D eigenvalue weighted by molar-refractivity contribution is 6.07. The molecule has 3 aromatic rings. The fourth-order valence-corrected chi connectivity index (χ4v) is 3.25. The third-order valence-electron chi connectivity index (χ3n) is 4.42. The van der Waals surface area contributed by atoms with Crippen LogP contribution in [-0.4, -0.2) is 10.8 Å². The number of hydrogen-bond donors (Lipinski definition) is 0. The Labute approximate surface area is 139 Å². The van der Waals surface area contributed by atoms with Crippen LogP contribution in [0.4, 0.5) is 4.39 Å². The predicted octanol–water partition coefficient (Wildman–Crippen LogP) is 5.06. The number of benzene rings is 2. The van der Waals surface area contributed by atoms with E-state index in [4.69, 9.17) is 0 Å². The molecule has 0 spiro atoms. The van der Waals surface area contributed by atoms with Gasteiger partial charge in [0.05, 0.1) is 11.2 Å². The van der Waals surface area contributed by atoms with E-state index in [9.17, 15) is 9.18 Å². The Bertz CT molecular complexity index is 957. The van der Waals surface area contributed by atoms with Crippen molar-refractivity contribution in [2.45, 2.75) is 19.3 Å². The largest absolute Gasteiger partial charge is 0.294 e. The molecule has 0 atom stereocenters. The molecule has 24 heavy (non-hydrogen) atoms. The van der Waals surface area contributed by atoms with E-state index in [1.165, 1.54) is 12.1 Å². The standard InChI is InChI=1S/C21H16FNO/c22-15-11-8-14(9-12-15)10-13-17-16-4-1-2-5-18(16)23-19-6-3-7-20(24)21(17)19/h1-2,4-5,8-13H,3,6-7H2/b13-10+. The molecule has 3 heteroatoms. The molecule has 0 saturated carbocycles. The van der Waals surface area contributed by atoms with Gasteiger partial charge >= 0.3 is 0 Å². The SMILES string of the molecule is O=C1CCCc2nc3ccccc3c(/C=C/c3ccc(F)cc3)c21. The number of nitrogens with zero attached hydrogens (tertiary/aromatic N) is 1. The number of hydrogen-bond acceptors (Lipinski definition) is 2. The van der Waals surface area contributed by atoms with E-state index in [2.05, 4.69) is 4.98 Å². The first-order valence-corrected chi connectivity index (χ1v) is 8.11. The van der Waals surface area contributed by atoms with Crippen LogP contribution in [0.3, 0.4) is 0 Å². The van der Waals surface area contributed by atoms with Gasteiger partial charge in [-0.25, -0.2) is 4.39 Å². The Morgan fingerprint density at radius 3 is 2.58 bits per heavy atom. The number of carbonyl (C=O) groups excluding carboxylic acids is 1. The molecule has 0 saturated heterocycles. The number of aromatic nitrogens is 1. The molecule has 1 aromatic heterocycles. The van der Waals surface area contributed by atoms with Crippen LogP contribution in [0.2, 0.25) is 0 Å². The summed E-state index contributed by atoms with van der Waals surface area (Å²) in [4.78, 5) is 17.2. The van der Waals surface area contributed by atoms with Gasteiger partial charge in [0.2, 0.25) is 0 Å². The summed E-state index contributed by atoms with van der Waals surface area (Å²) in [5, 5.41) is 0.977. The summed E-state index contributed by atoms with van der Waals surface area (Å²) in [7, 11) is 0. The van der Waals surface area contributed by atoms with E-state index >= 15 is 0 Å². The lowest BCUT2D eigenvalue weighted by atomic mass is 9.88. The number of rotatable bonds is 2. The Balaban J connectivity index is 1.90. The van der Waals surface area contributed by atoms with E-state index in [1.807, 2.05) is 36.4 Å². The molecule has 0 fully saturated rings. The van der Waals surface area contributed by atoms with E-state index in [-0.39, 0.29) is 11.6 Å². The number of fused-ring (bicyclic) bond motifs is 2. The van der Waals surface area contributed by atoms with Gasteiger partial charge in [-0.3, -0.25) is 9.78 Å². The molecular formula is C21H16FNO. The monoisotopic (exact) mass is 317 g/mol. The Kier molecular flexibility index (Phi) is 3.69. The van der Waals surface area contributed by atoms with Crippen LogP contribution in [0.5, 0.6) is 0 Å². The lowest BCUT2D eigenvalue weighted by molar-refractivity contribution is 0.0971. The number of aryl methyl sites for hydroxylation is 1. The minimum atomic E-state index is -0.255. The number of para-hydroxylation sites is 1. The van der Waals surface area contributed by atoms with Gasteiger partial charge in [-0.15, -0.1) is 0 Å². The molecule has 0 bridgehead atoms. The second-order valence-corrected chi connectivity index (χ2v) is 6.03. The van der Waals surface area contributed by atoms with Crippen molar-refractivity contribution in [3.8, 4) is 0 Å². The second-order valence-electron chi connectivity index (χ2n) is 6.03. The number of halogens is 1. The predicted molar refractivity (Wildman–Crippen MR) is 94.3 cm³/mol. The van der Waals surface area contributed by atoms with E-state index < -0.39 is 0 Å². The smallest absolute Gasteiger partial charge is 0.165 e. The van der Waals surface area contributed by atoms with E-state index in [1.54, 1.807) is 12.1 Å². The van der Waals surface area contributed by atoms with Gasteiger partial charge in [0.1, 0.15) is 5.82 Å². The molecule has 0 radical (unpaired) electrons. The first-order valence-electron chi connectivity index (χ1n) is 8.11. The fourth-order valence-electron chi connectivity index (χ4n) is 3.25. The third-order valence-corrected chi connectivity index (χ3v) is 4.42. The van der Waals surface area contributed by atoms with Gasteiger partial charge in [0.25, 0.3) is 0 Å². The van der Waals surface area contributed by atoms with Crippen molar-refractivity contribution in [2.24, 2.45) is 0 Å². The summed E-state index contributed by atoms with van der Waals surface area (Å²) >= 11 is 0. The Hall–Kier alpha value is -2.81. The van der Waals surface area contributed by atoms with Crippen molar-refractivity contribution in [2.75, 3.05) is 0 Å². The molecule has 0 aliphatic heterocycles. The van der Waals surface area contributed by atoms with Crippen molar-refractivity contribution in [3.63, 3.8) is 0 Å². The number of carbonyl (C=O) groups is 1. The normalized spacial score (nSPS) is 14.3. The highest BCUT2D eigenvalue weighted by Crippen LogP contribution is 2.30. The van der Waals surface area contributed by atoms with Crippen LogP contribution in [0, 0.1) is 5.82 Å². The zero-order valence-electron chi connectivity index (χ0n) is 13.1. The Morgan fingerprint density at radius 1 is 0.958 bits per heavy atom. The average Bonchev–Trinajstić information content (AvgIpc) is 2.60. The first kappa shape index (κ1) is 14.8. The topological polar surface area (TPSA) is 30.0 Å². The maximum atomic E-state index is 13.1. The van der Waals surface area contributed by atoms with Crippen molar-refractivity contribution < 1.29 is 9.18 Å². The Morgan fingerprint density at radius 2 is 1.75 bits per heavy atom. The number of Topliss-reactive ketones (excluding diaryl/α,β-unsaturated/α-hetero) is 1. The van der Waals surface area contributed by atoms with Crippen LogP contribution in [0.15, 0.2) is 48.5 Å². The van der Waals surface area contributed by atoms with Crippen molar-refractivity contribution in [1.82, 2.24) is 4.98 Å². The summed E-state index contributed by atoms with van der Waals surface area (Å²) in [6, 6.07) is 14.2. The fraction of sp³-hybridized carbons (Fsp3) is 0.143. The number of ketones is 1. The van der Waals surface area contributed by atoms with Crippen LogP contribution < -0.4 is 0 Å². The third kappa shape index (κ3) is 2.62. The summed E-state index contributed by atoms with van der Waals surface area (Å²) in [5.74, 6) is -0.0951. The van der Waals surface area contributed by atoms with Gasteiger partial charge in [-0.1, -0.05) is 42.5 Å². The molecule has 2 aromatic carbocycles. The maximum Gasteiger partial charge on any atom is 0.165 e. The minimum Gasteiger partial charge on any atom is -0.294 e. The molecule has 0 N–H and O–H groups in total. The molecule has 0 amide bonds. The first-order chi connectivity index (χ1) is 11.7. The van der Waals surface area contributed by atoms with Gasteiger partial charge in [0.15, 0.2) is 5.78 Å². The van der Waals surface area contributed by atoms with Crippen LogP contribution in [-0.2, 0) is 6.42 Å². The highest BCUT2D eigenvalue weighted by atomic mass is 19.1. The lowest BCUT2D eigenvalue weighted by Crippen LogP contribution is -2.14. The average molecular weight is 317 g/mol. The summed E-state index contributed by atoms with van der Waals surface area (Å²) in [6.45, 7) is 0. The zero-order chi connectivity index (χ0) is 16.5. The lowest BCUT2D eigenvalue weighted by Gasteiger charge is -2.18. The molecular weight excluding hydrogens is 301 g/mol. The highest BCUT2D eigenvalue weighted by Gasteiger charge is 2.23. The van der Waals surface area contributed by atoms with Crippen LogP contribution >= 0.6 is 0 Å². The molecule has 1 aliphatic carbocycles. The number of pyridine rings is 1. The minimum absolute atomic E-state index is 0.160. The summed E-state index contributed by atoms with van der Waals surface area (Å²) < 4.78 is 13.1. The van der Waals surface area contributed by atoms with E-state index in [0.29, 0.717) is 6.42 Å². The quantitative estimate of drug-likeness (QED) is 0.661. The molecule has 2 nitrogen and oxygen atoms in total. The van der Waals surface area contributed by atoms with Gasteiger partial charge in [-0.2, -0.15) is 0 Å². The summed E-state index contributed by atoms with van der Waals surface area (Å²) in [6.07, 6.45) is 6.15. The molecule has 0 unspecified atom stereocenters. The van der Waals surface area contributed by atoms with Crippen molar-refractivity contribution >= 4 is 28.8 Å². The summed E-state index contributed by atoms with van der Waals surface area (Å²) in [5.41, 5.74) is 4.37. The maximum absolute atomic E-state index is 13.1. The molecule has 118 valence electrons. The van der Waals surface area contributed by atoms with Crippen molar-refractivity contribution in [3.05, 3.63) is 76.7 Å². The second kappa shape index (κ2) is 6.00.